The summed E-state index contributed by atoms with van der Waals surface area (Å²) in [5.74, 6) is -1.36. The zero-order valence-corrected chi connectivity index (χ0v) is 13.5. The Morgan fingerprint density at radius 2 is 2.04 bits per heavy atom. The highest BCUT2D eigenvalue weighted by atomic mass is 16.6. The highest BCUT2D eigenvalue weighted by Crippen LogP contribution is 2.20. The molecule has 1 aliphatic heterocycles. The Labute approximate surface area is 136 Å². The van der Waals surface area contributed by atoms with E-state index in [1.165, 1.54) is 6.08 Å². The molecule has 0 saturated carbocycles. The molecule has 1 aliphatic rings. The zero-order chi connectivity index (χ0) is 17.2. The lowest BCUT2D eigenvalue weighted by Crippen LogP contribution is -2.51. The first-order valence-electron chi connectivity index (χ1n) is 7.54. The highest BCUT2D eigenvalue weighted by Gasteiger charge is 2.40. The quantitative estimate of drug-likeness (QED) is 0.352. The van der Waals surface area contributed by atoms with Crippen LogP contribution in [0.3, 0.4) is 0 Å². The third kappa shape index (κ3) is 5.46. The normalized spacial score (nSPS) is 19.9. The van der Waals surface area contributed by atoms with Crippen LogP contribution in [0.15, 0.2) is 25.3 Å². The van der Waals surface area contributed by atoms with Crippen molar-refractivity contribution in [3.63, 3.8) is 0 Å². The van der Waals surface area contributed by atoms with Crippen molar-refractivity contribution in [2.75, 3.05) is 33.5 Å². The van der Waals surface area contributed by atoms with Crippen molar-refractivity contribution >= 4 is 11.9 Å². The number of ether oxygens (including phenoxy) is 3. The van der Waals surface area contributed by atoms with E-state index >= 15 is 0 Å². The first-order chi connectivity index (χ1) is 11.1. The number of methoxy groups -OCH3 is 1. The van der Waals surface area contributed by atoms with Crippen LogP contribution in [0.25, 0.3) is 0 Å². The lowest BCUT2D eigenvalue weighted by Gasteiger charge is -2.29. The lowest BCUT2D eigenvalue weighted by molar-refractivity contribution is -0.169. The van der Waals surface area contributed by atoms with Crippen LogP contribution in [-0.4, -0.2) is 73.6 Å². The van der Waals surface area contributed by atoms with Crippen LogP contribution in [0.4, 0.5) is 0 Å². The molecule has 0 unspecified atom stereocenters. The second-order valence-electron chi connectivity index (χ2n) is 5.16. The number of likely N-dealkylation sites (tertiary alicyclic amines) is 1. The van der Waals surface area contributed by atoms with E-state index in [-0.39, 0.29) is 12.6 Å². The molecule has 23 heavy (non-hydrogen) atoms. The standard InChI is InChI=1S/C16H25NO6/c1-4-9-22-11-12-7-6-8-17(12)15(19)14(23-10-5-2)13(18)16(20)21-3/h4-5,12-14,18H,1-2,6-11H2,3H3/t12-,13-,14-/m1/s1. The van der Waals surface area contributed by atoms with Crippen LogP contribution < -0.4 is 0 Å². The Morgan fingerprint density at radius 3 is 2.65 bits per heavy atom. The van der Waals surface area contributed by atoms with Crippen molar-refractivity contribution in [3.8, 4) is 0 Å². The van der Waals surface area contributed by atoms with Gasteiger partial charge in [-0.2, -0.15) is 0 Å². The number of carbonyl (C=O) groups excluding carboxylic acids is 2. The zero-order valence-electron chi connectivity index (χ0n) is 13.5. The predicted octanol–water partition coefficient (Wildman–Crippen LogP) is 0.285. The largest absolute Gasteiger partial charge is 0.467 e. The number of carbonyl (C=O) groups is 2. The van der Waals surface area contributed by atoms with E-state index in [0.717, 1.165) is 20.0 Å². The minimum Gasteiger partial charge on any atom is -0.467 e. The smallest absolute Gasteiger partial charge is 0.338 e. The molecule has 0 bridgehead atoms. The van der Waals surface area contributed by atoms with Crippen LogP contribution in [0.1, 0.15) is 12.8 Å². The maximum Gasteiger partial charge on any atom is 0.338 e. The Morgan fingerprint density at radius 1 is 1.35 bits per heavy atom. The van der Waals surface area contributed by atoms with Crippen LogP contribution in [0.5, 0.6) is 0 Å². The summed E-state index contributed by atoms with van der Waals surface area (Å²) in [6.07, 6.45) is 1.71. The van der Waals surface area contributed by atoms with Crippen molar-refractivity contribution in [2.24, 2.45) is 0 Å². The fourth-order valence-electron chi connectivity index (χ4n) is 2.46. The van der Waals surface area contributed by atoms with Gasteiger partial charge in [0.2, 0.25) is 0 Å². The molecule has 0 aliphatic carbocycles. The minimum atomic E-state index is -1.68. The van der Waals surface area contributed by atoms with Gasteiger partial charge >= 0.3 is 5.97 Å². The molecule has 7 nitrogen and oxygen atoms in total. The van der Waals surface area contributed by atoms with Gasteiger partial charge in [0, 0.05) is 6.54 Å². The summed E-state index contributed by atoms with van der Waals surface area (Å²) in [6, 6.07) is -0.109. The van der Waals surface area contributed by atoms with E-state index in [9.17, 15) is 14.7 Å². The third-order valence-corrected chi connectivity index (χ3v) is 3.57. The Kier molecular flexibility index (Phi) is 8.53. The summed E-state index contributed by atoms with van der Waals surface area (Å²) in [5.41, 5.74) is 0. The van der Waals surface area contributed by atoms with Crippen molar-refractivity contribution in [3.05, 3.63) is 25.3 Å². The molecular formula is C16H25NO6. The summed E-state index contributed by atoms with van der Waals surface area (Å²) in [4.78, 5) is 25.8. The van der Waals surface area contributed by atoms with Crippen LogP contribution in [-0.2, 0) is 23.8 Å². The number of rotatable bonds is 10. The van der Waals surface area contributed by atoms with Gasteiger partial charge in [-0.25, -0.2) is 4.79 Å². The van der Waals surface area contributed by atoms with E-state index in [1.54, 1.807) is 11.0 Å². The topological polar surface area (TPSA) is 85.3 Å². The summed E-state index contributed by atoms with van der Waals surface area (Å²) in [6.45, 7) is 8.42. The van der Waals surface area contributed by atoms with Crippen molar-refractivity contribution in [1.29, 1.82) is 0 Å². The molecule has 0 aromatic carbocycles. The van der Waals surface area contributed by atoms with Gasteiger partial charge in [-0.15, -0.1) is 13.2 Å². The van der Waals surface area contributed by atoms with Crippen LogP contribution in [0.2, 0.25) is 0 Å². The number of hydrogen-bond donors (Lipinski definition) is 1. The van der Waals surface area contributed by atoms with Crippen molar-refractivity contribution < 1.29 is 28.9 Å². The number of amides is 1. The predicted molar refractivity (Wildman–Crippen MR) is 83.7 cm³/mol. The van der Waals surface area contributed by atoms with E-state index < -0.39 is 24.1 Å². The SMILES string of the molecule is C=CCOC[C@H]1CCCN1C(=O)[C@H](OCC=C)[C@@H](O)C(=O)OC. The Balaban J connectivity index is 2.78. The summed E-state index contributed by atoms with van der Waals surface area (Å²) < 4.78 is 15.2. The van der Waals surface area contributed by atoms with Gasteiger partial charge in [-0.3, -0.25) is 4.79 Å². The molecule has 1 heterocycles. The molecule has 1 amide bonds. The number of nitrogens with zero attached hydrogens (tertiary/aromatic N) is 1. The van der Waals surface area contributed by atoms with Crippen LogP contribution >= 0.6 is 0 Å². The van der Waals surface area contributed by atoms with Gasteiger partial charge in [-0.1, -0.05) is 12.2 Å². The Hall–Kier alpha value is -1.70. The van der Waals surface area contributed by atoms with Crippen molar-refractivity contribution in [2.45, 2.75) is 31.1 Å². The fraction of sp³-hybridized carbons (Fsp3) is 0.625. The molecule has 1 N–H and O–H groups in total. The second-order valence-corrected chi connectivity index (χ2v) is 5.16. The molecule has 7 heteroatoms. The number of aliphatic hydroxyl groups is 1. The molecule has 0 radical (unpaired) electrons. The average molecular weight is 327 g/mol. The molecule has 0 aromatic rings. The van der Waals surface area contributed by atoms with E-state index in [4.69, 9.17) is 9.47 Å². The molecule has 1 fully saturated rings. The number of esters is 1. The minimum absolute atomic E-state index is 0.0376. The molecule has 1 rings (SSSR count). The molecular weight excluding hydrogens is 302 g/mol. The molecule has 130 valence electrons. The molecule has 0 aromatic heterocycles. The first-order valence-corrected chi connectivity index (χ1v) is 7.54. The van der Waals surface area contributed by atoms with Gasteiger partial charge in [-0.05, 0) is 12.8 Å². The second kappa shape index (κ2) is 10.1. The monoisotopic (exact) mass is 327 g/mol. The molecule has 0 spiro atoms. The van der Waals surface area contributed by atoms with Gasteiger partial charge in [0.15, 0.2) is 12.2 Å². The fourth-order valence-corrected chi connectivity index (χ4v) is 2.46. The molecule has 1 saturated heterocycles. The van der Waals surface area contributed by atoms with Gasteiger partial charge in [0.1, 0.15) is 0 Å². The summed E-state index contributed by atoms with van der Waals surface area (Å²) >= 11 is 0. The van der Waals surface area contributed by atoms with Gasteiger partial charge in [0.05, 0.1) is 33.0 Å². The summed E-state index contributed by atoms with van der Waals surface area (Å²) in [7, 11) is 1.14. The first kappa shape index (κ1) is 19.3. The maximum atomic E-state index is 12.7. The van der Waals surface area contributed by atoms with Crippen molar-refractivity contribution in [1.82, 2.24) is 4.90 Å². The van der Waals surface area contributed by atoms with Crippen LogP contribution in [0, 0.1) is 0 Å². The highest BCUT2D eigenvalue weighted by molar-refractivity contribution is 5.89. The van der Waals surface area contributed by atoms with E-state index in [2.05, 4.69) is 17.9 Å². The maximum absolute atomic E-state index is 12.7. The number of hydrogen-bond acceptors (Lipinski definition) is 6. The molecule has 3 atom stereocenters. The van der Waals surface area contributed by atoms with Gasteiger partial charge in [0.25, 0.3) is 5.91 Å². The average Bonchev–Trinajstić information content (AvgIpc) is 3.02. The summed E-state index contributed by atoms with van der Waals surface area (Å²) in [5, 5.41) is 10.0. The third-order valence-electron chi connectivity index (χ3n) is 3.57. The lowest BCUT2D eigenvalue weighted by atomic mass is 10.1. The van der Waals surface area contributed by atoms with E-state index in [1.807, 2.05) is 0 Å². The number of aliphatic hydroxyl groups excluding tert-OH is 1. The van der Waals surface area contributed by atoms with Gasteiger partial charge < -0.3 is 24.2 Å². The van der Waals surface area contributed by atoms with E-state index in [0.29, 0.717) is 19.8 Å². The Bertz CT molecular complexity index is 425.